The summed E-state index contributed by atoms with van der Waals surface area (Å²) in [4.78, 5) is 25.0. The standard InChI is InChI=1S/C12H21NO4/c1-3-8-16-9-11(14)13-7-5-6-10(13)12(15)17-4-2/h10H,3-9H2,1-2H3. The molecule has 0 aliphatic carbocycles. The Morgan fingerprint density at radius 1 is 1.35 bits per heavy atom. The molecule has 0 aromatic heterocycles. The summed E-state index contributed by atoms with van der Waals surface area (Å²) in [6.07, 6.45) is 2.43. The van der Waals surface area contributed by atoms with Gasteiger partial charge in [0.05, 0.1) is 6.61 Å². The molecule has 1 heterocycles. The summed E-state index contributed by atoms with van der Waals surface area (Å²) in [6.45, 7) is 5.36. The lowest BCUT2D eigenvalue weighted by molar-refractivity contribution is -0.154. The molecule has 5 nitrogen and oxygen atoms in total. The zero-order valence-electron chi connectivity index (χ0n) is 10.6. The molecule has 1 unspecified atom stereocenters. The van der Waals surface area contributed by atoms with Gasteiger partial charge in [-0.25, -0.2) is 4.79 Å². The Morgan fingerprint density at radius 2 is 2.12 bits per heavy atom. The van der Waals surface area contributed by atoms with Gasteiger partial charge in [-0.3, -0.25) is 4.79 Å². The van der Waals surface area contributed by atoms with E-state index in [1.54, 1.807) is 11.8 Å². The van der Waals surface area contributed by atoms with E-state index in [2.05, 4.69) is 0 Å². The fourth-order valence-electron chi connectivity index (χ4n) is 1.94. The van der Waals surface area contributed by atoms with Gasteiger partial charge >= 0.3 is 5.97 Å². The summed E-state index contributed by atoms with van der Waals surface area (Å²) in [7, 11) is 0. The van der Waals surface area contributed by atoms with E-state index in [0.29, 0.717) is 26.2 Å². The van der Waals surface area contributed by atoms with Gasteiger partial charge in [0.25, 0.3) is 0 Å². The minimum absolute atomic E-state index is 0.0593. The zero-order chi connectivity index (χ0) is 12.7. The highest BCUT2D eigenvalue weighted by atomic mass is 16.5. The van der Waals surface area contributed by atoms with Crippen molar-refractivity contribution in [2.75, 3.05) is 26.4 Å². The van der Waals surface area contributed by atoms with Crippen molar-refractivity contribution in [1.82, 2.24) is 4.90 Å². The van der Waals surface area contributed by atoms with Crippen LogP contribution in [0.15, 0.2) is 0 Å². The van der Waals surface area contributed by atoms with Crippen molar-refractivity contribution in [3.8, 4) is 0 Å². The molecule has 1 saturated heterocycles. The van der Waals surface area contributed by atoms with Gasteiger partial charge in [0.15, 0.2) is 0 Å². The molecule has 1 fully saturated rings. The quantitative estimate of drug-likeness (QED) is 0.515. The molecule has 0 N–H and O–H groups in total. The Hall–Kier alpha value is -1.10. The molecule has 17 heavy (non-hydrogen) atoms. The molecule has 0 saturated carbocycles. The minimum atomic E-state index is -0.410. The van der Waals surface area contributed by atoms with E-state index in [-0.39, 0.29) is 18.5 Å². The van der Waals surface area contributed by atoms with E-state index in [9.17, 15) is 9.59 Å². The van der Waals surface area contributed by atoms with Gasteiger partial charge in [0.2, 0.25) is 5.91 Å². The number of hydrogen-bond acceptors (Lipinski definition) is 4. The van der Waals surface area contributed by atoms with Gasteiger partial charge in [-0.05, 0) is 26.2 Å². The van der Waals surface area contributed by atoms with Crippen LogP contribution in [0.2, 0.25) is 0 Å². The van der Waals surface area contributed by atoms with Crippen molar-refractivity contribution in [3.63, 3.8) is 0 Å². The number of carbonyl (C=O) groups is 2. The third-order valence-corrected chi connectivity index (χ3v) is 2.71. The molecule has 1 aliphatic rings. The van der Waals surface area contributed by atoms with Crippen molar-refractivity contribution in [2.24, 2.45) is 0 Å². The zero-order valence-corrected chi connectivity index (χ0v) is 10.6. The number of carbonyl (C=O) groups excluding carboxylic acids is 2. The first-order valence-electron chi connectivity index (χ1n) is 6.24. The molecule has 1 aliphatic heterocycles. The molecule has 0 aromatic carbocycles. The molecule has 5 heteroatoms. The summed E-state index contributed by atoms with van der Waals surface area (Å²) in [6, 6.07) is -0.410. The number of hydrogen-bond donors (Lipinski definition) is 0. The highest BCUT2D eigenvalue weighted by molar-refractivity contribution is 5.85. The molecule has 1 atom stereocenters. The second-order valence-corrected chi connectivity index (χ2v) is 4.05. The fraction of sp³-hybridized carbons (Fsp3) is 0.833. The second kappa shape index (κ2) is 7.27. The Morgan fingerprint density at radius 3 is 2.76 bits per heavy atom. The lowest BCUT2D eigenvalue weighted by Gasteiger charge is -2.22. The molecule has 0 bridgehead atoms. The molecule has 0 spiro atoms. The number of amides is 1. The maximum absolute atomic E-state index is 11.8. The van der Waals surface area contributed by atoms with Crippen LogP contribution in [0.1, 0.15) is 33.1 Å². The van der Waals surface area contributed by atoms with Gasteiger partial charge in [-0.2, -0.15) is 0 Å². The van der Waals surface area contributed by atoms with Crippen molar-refractivity contribution in [1.29, 1.82) is 0 Å². The number of ether oxygens (including phenoxy) is 2. The topological polar surface area (TPSA) is 55.8 Å². The van der Waals surface area contributed by atoms with E-state index in [0.717, 1.165) is 12.8 Å². The highest BCUT2D eigenvalue weighted by Gasteiger charge is 2.34. The molecular weight excluding hydrogens is 222 g/mol. The number of nitrogens with zero attached hydrogens (tertiary/aromatic N) is 1. The van der Waals surface area contributed by atoms with Crippen LogP contribution < -0.4 is 0 Å². The van der Waals surface area contributed by atoms with E-state index < -0.39 is 6.04 Å². The molecule has 1 rings (SSSR count). The normalized spacial score (nSPS) is 19.4. The molecule has 98 valence electrons. The first kappa shape index (κ1) is 14.0. The summed E-state index contributed by atoms with van der Waals surface area (Å²) >= 11 is 0. The van der Waals surface area contributed by atoms with Crippen LogP contribution in [0.3, 0.4) is 0 Å². The number of rotatable bonds is 6. The summed E-state index contributed by atoms with van der Waals surface area (Å²) in [5, 5.41) is 0. The van der Waals surface area contributed by atoms with Crippen LogP contribution in [0.4, 0.5) is 0 Å². The third kappa shape index (κ3) is 4.00. The second-order valence-electron chi connectivity index (χ2n) is 4.05. The van der Waals surface area contributed by atoms with Crippen LogP contribution in [0, 0.1) is 0 Å². The molecule has 0 aromatic rings. The van der Waals surface area contributed by atoms with E-state index in [1.807, 2.05) is 6.92 Å². The monoisotopic (exact) mass is 243 g/mol. The fourth-order valence-corrected chi connectivity index (χ4v) is 1.94. The maximum atomic E-state index is 11.8. The Labute approximate surface area is 102 Å². The first-order chi connectivity index (χ1) is 8.20. The van der Waals surface area contributed by atoms with Crippen LogP contribution in [-0.2, 0) is 19.1 Å². The summed E-state index contributed by atoms with van der Waals surface area (Å²) < 4.78 is 10.2. The van der Waals surface area contributed by atoms with Crippen LogP contribution in [0.25, 0.3) is 0 Å². The number of esters is 1. The SMILES string of the molecule is CCCOCC(=O)N1CCCC1C(=O)OCC. The van der Waals surface area contributed by atoms with Gasteiger partial charge < -0.3 is 14.4 Å². The molecule has 0 radical (unpaired) electrons. The van der Waals surface area contributed by atoms with E-state index in [1.165, 1.54) is 0 Å². The smallest absolute Gasteiger partial charge is 0.328 e. The predicted molar refractivity (Wildman–Crippen MR) is 62.5 cm³/mol. The van der Waals surface area contributed by atoms with Gasteiger partial charge in [0, 0.05) is 13.2 Å². The van der Waals surface area contributed by atoms with Crippen molar-refractivity contribution >= 4 is 11.9 Å². The first-order valence-corrected chi connectivity index (χ1v) is 6.24. The van der Waals surface area contributed by atoms with Crippen molar-refractivity contribution in [2.45, 2.75) is 39.2 Å². The van der Waals surface area contributed by atoms with Crippen LogP contribution in [0.5, 0.6) is 0 Å². The predicted octanol–water partition coefficient (Wildman–Crippen LogP) is 0.967. The lowest BCUT2D eigenvalue weighted by Crippen LogP contribution is -2.43. The third-order valence-electron chi connectivity index (χ3n) is 2.71. The van der Waals surface area contributed by atoms with Gasteiger partial charge in [-0.1, -0.05) is 6.92 Å². The largest absolute Gasteiger partial charge is 0.464 e. The average molecular weight is 243 g/mol. The lowest BCUT2D eigenvalue weighted by atomic mass is 10.2. The molecule has 1 amide bonds. The Kier molecular flexibility index (Phi) is 5.97. The minimum Gasteiger partial charge on any atom is -0.464 e. The van der Waals surface area contributed by atoms with Crippen molar-refractivity contribution < 1.29 is 19.1 Å². The van der Waals surface area contributed by atoms with E-state index >= 15 is 0 Å². The summed E-state index contributed by atoms with van der Waals surface area (Å²) in [5.74, 6) is -0.414. The van der Waals surface area contributed by atoms with Gasteiger partial charge in [-0.15, -0.1) is 0 Å². The Balaban J connectivity index is 2.44. The maximum Gasteiger partial charge on any atom is 0.328 e. The Bertz CT molecular complexity index is 267. The van der Waals surface area contributed by atoms with E-state index in [4.69, 9.17) is 9.47 Å². The average Bonchev–Trinajstić information content (AvgIpc) is 2.78. The highest BCUT2D eigenvalue weighted by Crippen LogP contribution is 2.18. The van der Waals surface area contributed by atoms with Crippen LogP contribution in [-0.4, -0.2) is 49.2 Å². The summed E-state index contributed by atoms with van der Waals surface area (Å²) in [5.41, 5.74) is 0. The number of likely N-dealkylation sites (tertiary alicyclic amines) is 1. The van der Waals surface area contributed by atoms with Gasteiger partial charge in [0.1, 0.15) is 12.6 Å². The van der Waals surface area contributed by atoms with Crippen LogP contribution >= 0.6 is 0 Å². The van der Waals surface area contributed by atoms with Crippen molar-refractivity contribution in [3.05, 3.63) is 0 Å². The molecular formula is C12H21NO4.